The summed E-state index contributed by atoms with van der Waals surface area (Å²) in [4.78, 5) is 13.8. The first kappa shape index (κ1) is 11.4. The summed E-state index contributed by atoms with van der Waals surface area (Å²) < 4.78 is 50.4. The lowest BCUT2D eigenvalue weighted by Gasteiger charge is -2.08. The van der Waals surface area contributed by atoms with Crippen molar-refractivity contribution in [1.29, 1.82) is 0 Å². The van der Waals surface area contributed by atoms with Crippen molar-refractivity contribution in [2.24, 2.45) is 0 Å². The molecule has 4 nitrogen and oxygen atoms in total. The van der Waals surface area contributed by atoms with Gasteiger partial charge in [0.1, 0.15) is 11.6 Å². The topological polar surface area (TPSA) is 57.9 Å². The summed E-state index contributed by atoms with van der Waals surface area (Å²) in [7, 11) is 0. The number of halogens is 4. The number of carboxylic acid groups (broad SMARTS) is 1. The molecule has 0 radical (unpaired) electrons. The van der Waals surface area contributed by atoms with Crippen LogP contribution in [0.2, 0.25) is 0 Å². The highest BCUT2D eigenvalue weighted by molar-refractivity contribution is 5.86. The third kappa shape index (κ3) is 1.81. The Morgan fingerprint density at radius 3 is 2.59 bits per heavy atom. The summed E-state index contributed by atoms with van der Waals surface area (Å²) in [6, 6.07) is 0.501. The Bertz CT molecular complexity index is 603. The Hall–Kier alpha value is -2.12. The Balaban J connectivity index is 2.75. The third-order valence-electron chi connectivity index (χ3n) is 2.12. The van der Waals surface area contributed by atoms with Crippen LogP contribution in [0, 0.1) is 5.82 Å². The van der Waals surface area contributed by atoms with Crippen molar-refractivity contribution in [3.05, 3.63) is 29.8 Å². The number of aromatic nitrogens is 2. The van der Waals surface area contributed by atoms with Gasteiger partial charge in [-0.1, -0.05) is 0 Å². The maximum Gasteiger partial charge on any atom is 0.417 e. The van der Waals surface area contributed by atoms with Gasteiger partial charge in [-0.05, 0) is 6.07 Å². The van der Waals surface area contributed by atoms with Crippen molar-refractivity contribution in [3.63, 3.8) is 0 Å². The summed E-state index contributed by atoms with van der Waals surface area (Å²) in [5.74, 6) is -1.03. The number of hydrogen-bond donors (Lipinski definition) is 0. The van der Waals surface area contributed by atoms with Crippen LogP contribution in [-0.4, -0.2) is 15.6 Å². The van der Waals surface area contributed by atoms with Gasteiger partial charge < -0.3 is 9.90 Å². The summed E-state index contributed by atoms with van der Waals surface area (Å²) >= 11 is 0. The van der Waals surface area contributed by atoms with Gasteiger partial charge in [-0.3, -0.25) is 9.55 Å². The predicted molar refractivity (Wildman–Crippen MR) is 45.5 cm³/mol. The Morgan fingerprint density at radius 1 is 1.41 bits per heavy atom. The molecule has 0 aliphatic heterocycles. The van der Waals surface area contributed by atoms with Crippen LogP contribution in [0.4, 0.5) is 22.4 Å². The lowest BCUT2D eigenvalue weighted by Crippen LogP contribution is -2.28. The minimum absolute atomic E-state index is 0.243. The smallest absolute Gasteiger partial charge is 0.417 e. The number of nitrogens with zero attached hydrogens (tertiary/aromatic N) is 2. The number of hydrogen-bond acceptors (Lipinski definition) is 3. The van der Waals surface area contributed by atoms with Gasteiger partial charge in [0.25, 0.3) is 0 Å². The monoisotopic (exact) mass is 247 g/mol. The van der Waals surface area contributed by atoms with E-state index in [9.17, 15) is 27.5 Å². The SMILES string of the molecule is O=C([O-])n1cc(F)c2ncc(C(F)(F)F)cc21. The fourth-order valence-electron chi connectivity index (χ4n) is 1.37. The first-order chi connectivity index (χ1) is 7.80. The second-order valence-corrected chi connectivity index (χ2v) is 3.20. The van der Waals surface area contributed by atoms with E-state index in [0.29, 0.717) is 18.5 Å². The molecule has 2 aromatic heterocycles. The zero-order chi connectivity index (χ0) is 12.8. The van der Waals surface area contributed by atoms with E-state index >= 15 is 0 Å². The first-order valence-electron chi connectivity index (χ1n) is 4.26. The Morgan fingerprint density at radius 2 is 2.06 bits per heavy atom. The average Bonchev–Trinajstić information content (AvgIpc) is 2.54. The third-order valence-corrected chi connectivity index (χ3v) is 2.12. The number of carbonyl (C=O) groups excluding carboxylic acids is 1. The molecule has 90 valence electrons. The molecule has 0 aliphatic carbocycles. The molecule has 0 bridgehead atoms. The van der Waals surface area contributed by atoms with Gasteiger partial charge in [0, 0.05) is 12.4 Å². The van der Waals surface area contributed by atoms with E-state index in [2.05, 4.69) is 4.98 Å². The van der Waals surface area contributed by atoms with Crippen molar-refractivity contribution in [1.82, 2.24) is 9.55 Å². The molecular weight excluding hydrogens is 244 g/mol. The second-order valence-electron chi connectivity index (χ2n) is 3.20. The molecule has 0 unspecified atom stereocenters. The number of fused-ring (bicyclic) bond motifs is 1. The van der Waals surface area contributed by atoms with Crippen molar-refractivity contribution in [3.8, 4) is 0 Å². The minimum atomic E-state index is -4.68. The van der Waals surface area contributed by atoms with Gasteiger partial charge in [0.05, 0.1) is 11.1 Å². The zero-order valence-electron chi connectivity index (χ0n) is 7.95. The van der Waals surface area contributed by atoms with Crippen LogP contribution in [0.3, 0.4) is 0 Å². The molecule has 0 saturated carbocycles. The van der Waals surface area contributed by atoms with E-state index in [1.807, 2.05) is 0 Å². The zero-order valence-corrected chi connectivity index (χ0v) is 7.95. The summed E-state index contributed by atoms with van der Waals surface area (Å²) in [5, 5.41) is 10.6. The number of pyridine rings is 1. The van der Waals surface area contributed by atoms with Crippen LogP contribution in [0.25, 0.3) is 11.0 Å². The summed E-state index contributed by atoms with van der Waals surface area (Å²) in [6.45, 7) is 0. The van der Waals surface area contributed by atoms with Crippen molar-refractivity contribution in [2.75, 3.05) is 0 Å². The van der Waals surface area contributed by atoms with Crippen LogP contribution in [0.15, 0.2) is 18.5 Å². The number of carbonyl (C=O) groups is 1. The lowest BCUT2D eigenvalue weighted by molar-refractivity contribution is -0.249. The van der Waals surface area contributed by atoms with E-state index in [1.54, 1.807) is 0 Å². The maximum absolute atomic E-state index is 13.1. The Kier molecular flexibility index (Phi) is 2.30. The summed E-state index contributed by atoms with van der Waals surface area (Å²) in [6.07, 6.45) is -5.57. The van der Waals surface area contributed by atoms with E-state index in [4.69, 9.17) is 0 Å². The standard InChI is InChI=1S/C9H4F4N2O2/c10-5-3-15(8(16)17)6-1-4(9(11,12)13)2-14-7(5)6/h1-3H,(H,16,17)/p-1. The van der Waals surface area contributed by atoms with Gasteiger partial charge in [-0.25, -0.2) is 4.39 Å². The molecule has 0 aromatic carbocycles. The van der Waals surface area contributed by atoms with Gasteiger partial charge in [0.2, 0.25) is 0 Å². The lowest BCUT2D eigenvalue weighted by atomic mass is 10.2. The molecule has 0 aliphatic rings. The summed E-state index contributed by atoms with van der Waals surface area (Å²) in [5.41, 5.74) is -2.12. The quantitative estimate of drug-likeness (QED) is 0.661. The molecule has 0 N–H and O–H groups in total. The fraction of sp³-hybridized carbons (Fsp3) is 0.111. The molecular formula is C9H3F4N2O2-. The van der Waals surface area contributed by atoms with Crippen molar-refractivity contribution >= 4 is 17.1 Å². The molecule has 0 spiro atoms. The largest absolute Gasteiger partial charge is 0.529 e. The molecule has 2 heterocycles. The van der Waals surface area contributed by atoms with E-state index in [-0.39, 0.29) is 4.57 Å². The molecule has 0 fully saturated rings. The molecule has 17 heavy (non-hydrogen) atoms. The highest BCUT2D eigenvalue weighted by Gasteiger charge is 2.31. The first-order valence-corrected chi connectivity index (χ1v) is 4.26. The molecule has 0 atom stereocenters. The maximum atomic E-state index is 13.1. The van der Waals surface area contributed by atoms with Crippen LogP contribution >= 0.6 is 0 Å². The molecule has 2 rings (SSSR count). The fourth-order valence-corrected chi connectivity index (χ4v) is 1.37. The van der Waals surface area contributed by atoms with Crippen LogP contribution in [0.1, 0.15) is 5.56 Å². The van der Waals surface area contributed by atoms with Crippen molar-refractivity contribution < 1.29 is 27.5 Å². The van der Waals surface area contributed by atoms with Crippen LogP contribution in [0.5, 0.6) is 0 Å². The van der Waals surface area contributed by atoms with Gasteiger partial charge >= 0.3 is 6.18 Å². The van der Waals surface area contributed by atoms with E-state index in [0.717, 1.165) is 0 Å². The van der Waals surface area contributed by atoms with Crippen LogP contribution < -0.4 is 5.11 Å². The molecule has 8 heteroatoms. The highest BCUT2D eigenvalue weighted by atomic mass is 19.4. The number of rotatable bonds is 0. The average molecular weight is 247 g/mol. The molecule has 2 aromatic rings. The predicted octanol–water partition coefficient (Wildman–Crippen LogP) is 1.39. The Labute approximate surface area is 91.1 Å². The second kappa shape index (κ2) is 3.44. The number of alkyl halides is 3. The van der Waals surface area contributed by atoms with Gasteiger partial charge in [0.15, 0.2) is 5.82 Å². The van der Waals surface area contributed by atoms with E-state index < -0.39 is 34.7 Å². The minimum Gasteiger partial charge on any atom is -0.529 e. The van der Waals surface area contributed by atoms with Crippen molar-refractivity contribution in [2.45, 2.75) is 6.18 Å². The molecule has 0 saturated heterocycles. The van der Waals surface area contributed by atoms with Gasteiger partial charge in [-0.15, -0.1) is 0 Å². The molecule has 0 amide bonds. The van der Waals surface area contributed by atoms with Gasteiger partial charge in [-0.2, -0.15) is 13.2 Å². The van der Waals surface area contributed by atoms with E-state index in [1.165, 1.54) is 0 Å². The normalized spacial score (nSPS) is 12.0. The van der Waals surface area contributed by atoms with Crippen LogP contribution in [-0.2, 0) is 6.18 Å². The highest BCUT2D eigenvalue weighted by Crippen LogP contribution is 2.31.